The van der Waals surface area contributed by atoms with Crippen molar-refractivity contribution in [3.05, 3.63) is 24.3 Å². The van der Waals surface area contributed by atoms with Crippen LogP contribution in [0.2, 0.25) is 0 Å². The molecule has 3 heterocycles. The van der Waals surface area contributed by atoms with E-state index in [0.717, 1.165) is 6.61 Å². The van der Waals surface area contributed by atoms with Crippen LogP contribution in [0.25, 0.3) is 0 Å². The molecule has 0 aromatic rings. The maximum atomic E-state index is 6.04. The first-order valence-electron chi connectivity index (χ1n) is 6.54. The molecule has 18 heavy (non-hydrogen) atoms. The van der Waals surface area contributed by atoms with Gasteiger partial charge < -0.3 is 18.9 Å². The third-order valence-electron chi connectivity index (χ3n) is 4.01. The Kier molecular flexibility index (Phi) is 3.52. The number of fused-ring (bicyclic) bond motifs is 2. The Balaban J connectivity index is 1.76. The molecule has 2 fully saturated rings. The summed E-state index contributed by atoms with van der Waals surface area (Å²) < 4.78 is 22.3. The number of ether oxygens (including phenoxy) is 4. The Bertz CT molecular complexity index is 348. The summed E-state index contributed by atoms with van der Waals surface area (Å²) in [6.45, 7) is 3.32. The predicted molar refractivity (Wildman–Crippen MR) is 66.1 cm³/mol. The molecule has 100 valence electrons. The van der Waals surface area contributed by atoms with E-state index in [-0.39, 0.29) is 24.4 Å². The van der Waals surface area contributed by atoms with Crippen LogP contribution in [0, 0.1) is 11.8 Å². The zero-order chi connectivity index (χ0) is 12.5. The van der Waals surface area contributed by atoms with Gasteiger partial charge in [0.15, 0.2) is 0 Å². The first-order valence-corrected chi connectivity index (χ1v) is 6.54. The third kappa shape index (κ3) is 2.26. The second-order valence-corrected chi connectivity index (χ2v) is 5.18. The van der Waals surface area contributed by atoms with E-state index in [4.69, 9.17) is 18.9 Å². The van der Waals surface area contributed by atoms with Gasteiger partial charge in [0.2, 0.25) is 0 Å². The first-order chi connectivity index (χ1) is 8.81. The van der Waals surface area contributed by atoms with Crippen molar-refractivity contribution in [1.82, 2.24) is 0 Å². The summed E-state index contributed by atoms with van der Waals surface area (Å²) in [7, 11) is 1.64. The second-order valence-electron chi connectivity index (χ2n) is 5.18. The number of rotatable bonds is 5. The molecule has 0 aliphatic carbocycles. The van der Waals surface area contributed by atoms with Gasteiger partial charge in [0.1, 0.15) is 12.9 Å². The molecule has 2 bridgehead atoms. The van der Waals surface area contributed by atoms with E-state index in [1.54, 1.807) is 7.11 Å². The molecule has 3 aliphatic rings. The standard InChI is InChI=1S/C14H20O4/c1-9-10-5-3-4-6-11(18-10)13(9)14(12-7-16-12)17-8-15-2/h3-6,9-14H,7-8H2,1-2H3/t9-,10-,11+,12+,13-,14-/m1/s1. The normalized spacial score (nSPS) is 42.9. The molecular formula is C14H20O4. The summed E-state index contributed by atoms with van der Waals surface area (Å²) in [6, 6.07) is 0. The van der Waals surface area contributed by atoms with Crippen LogP contribution in [0.15, 0.2) is 24.3 Å². The Morgan fingerprint density at radius 3 is 2.67 bits per heavy atom. The predicted octanol–water partition coefficient (Wildman–Crippen LogP) is 1.52. The number of hydrogen-bond acceptors (Lipinski definition) is 4. The van der Waals surface area contributed by atoms with Gasteiger partial charge in [0.25, 0.3) is 0 Å². The van der Waals surface area contributed by atoms with E-state index >= 15 is 0 Å². The Hall–Kier alpha value is -0.680. The van der Waals surface area contributed by atoms with E-state index < -0.39 is 0 Å². The van der Waals surface area contributed by atoms with Crippen LogP contribution in [0.5, 0.6) is 0 Å². The topological polar surface area (TPSA) is 40.2 Å². The highest BCUT2D eigenvalue weighted by molar-refractivity contribution is 5.18. The highest BCUT2D eigenvalue weighted by Gasteiger charge is 2.50. The van der Waals surface area contributed by atoms with E-state index in [2.05, 4.69) is 31.2 Å². The lowest BCUT2D eigenvalue weighted by atomic mass is 9.82. The molecule has 0 unspecified atom stereocenters. The smallest absolute Gasteiger partial charge is 0.146 e. The molecule has 2 saturated heterocycles. The summed E-state index contributed by atoms with van der Waals surface area (Å²) in [4.78, 5) is 0. The van der Waals surface area contributed by atoms with Gasteiger partial charge in [0.05, 0.1) is 24.9 Å². The van der Waals surface area contributed by atoms with Crippen molar-refractivity contribution in [3.8, 4) is 0 Å². The third-order valence-corrected chi connectivity index (χ3v) is 4.01. The SMILES string of the molecule is COCO[C@@H]([C@@H]1[C@H](C)[C@H]2C=CC=C[C@@H]1O2)[C@@H]1CO1. The van der Waals surface area contributed by atoms with Crippen molar-refractivity contribution in [2.75, 3.05) is 20.5 Å². The molecule has 0 radical (unpaired) electrons. The Morgan fingerprint density at radius 1 is 1.28 bits per heavy atom. The fourth-order valence-corrected chi connectivity index (χ4v) is 3.00. The Labute approximate surface area is 108 Å². The van der Waals surface area contributed by atoms with Crippen LogP contribution in [-0.4, -0.2) is 44.9 Å². The minimum Gasteiger partial charge on any atom is -0.370 e. The minimum atomic E-state index is 0.0612. The molecule has 3 rings (SSSR count). The zero-order valence-corrected chi connectivity index (χ0v) is 10.8. The number of hydrogen-bond donors (Lipinski definition) is 0. The van der Waals surface area contributed by atoms with Crippen molar-refractivity contribution >= 4 is 0 Å². The van der Waals surface area contributed by atoms with Crippen LogP contribution in [0.3, 0.4) is 0 Å². The molecule has 0 aromatic carbocycles. The van der Waals surface area contributed by atoms with E-state index in [9.17, 15) is 0 Å². The molecule has 6 atom stereocenters. The summed E-state index contributed by atoms with van der Waals surface area (Å²) in [5.74, 6) is 0.765. The molecule has 0 N–H and O–H groups in total. The molecule has 0 aromatic heterocycles. The minimum absolute atomic E-state index is 0.0612. The lowest BCUT2D eigenvalue weighted by molar-refractivity contribution is -0.108. The zero-order valence-electron chi connectivity index (χ0n) is 10.8. The van der Waals surface area contributed by atoms with E-state index in [0.29, 0.717) is 18.6 Å². The first kappa shape index (κ1) is 12.4. The second kappa shape index (κ2) is 5.13. The van der Waals surface area contributed by atoms with Crippen molar-refractivity contribution in [3.63, 3.8) is 0 Å². The van der Waals surface area contributed by atoms with E-state index in [1.807, 2.05) is 0 Å². The van der Waals surface area contributed by atoms with Gasteiger partial charge in [-0.15, -0.1) is 0 Å². The highest BCUT2D eigenvalue weighted by Crippen LogP contribution is 2.41. The number of allylic oxidation sites excluding steroid dienone is 2. The van der Waals surface area contributed by atoms with Gasteiger partial charge >= 0.3 is 0 Å². The summed E-state index contributed by atoms with van der Waals surface area (Å²) in [5.41, 5.74) is 0. The van der Waals surface area contributed by atoms with Crippen molar-refractivity contribution in [2.24, 2.45) is 11.8 Å². The fraction of sp³-hybridized carbons (Fsp3) is 0.714. The summed E-state index contributed by atoms with van der Waals surface area (Å²) >= 11 is 0. The van der Waals surface area contributed by atoms with Crippen molar-refractivity contribution in [1.29, 1.82) is 0 Å². The molecule has 0 spiro atoms. The number of methoxy groups -OCH3 is 1. The van der Waals surface area contributed by atoms with Crippen LogP contribution < -0.4 is 0 Å². The van der Waals surface area contributed by atoms with Crippen molar-refractivity contribution < 1.29 is 18.9 Å². The fourth-order valence-electron chi connectivity index (χ4n) is 3.00. The Morgan fingerprint density at radius 2 is 2.00 bits per heavy atom. The quantitative estimate of drug-likeness (QED) is 0.549. The lowest BCUT2D eigenvalue weighted by Crippen LogP contribution is -2.38. The monoisotopic (exact) mass is 252 g/mol. The lowest BCUT2D eigenvalue weighted by Gasteiger charge is -2.28. The van der Waals surface area contributed by atoms with Gasteiger partial charge in [-0.3, -0.25) is 0 Å². The van der Waals surface area contributed by atoms with Crippen molar-refractivity contribution in [2.45, 2.75) is 31.3 Å². The van der Waals surface area contributed by atoms with Crippen LogP contribution in [0.4, 0.5) is 0 Å². The van der Waals surface area contributed by atoms with Gasteiger partial charge in [0, 0.05) is 13.0 Å². The summed E-state index contributed by atoms with van der Waals surface area (Å²) in [5, 5.41) is 0. The van der Waals surface area contributed by atoms with Crippen LogP contribution in [0.1, 0.15) is 6.92 Å². The van der Waals surface area contributed by atoms with Gasteiger partial charge in [-0.1, -0.05) is 31.2 Å². The average molecular weight is 252 g/mol. The largest absolute Gasteiger partial charge is 0.370 e. The van der Waals surface area contributed by atoms with Gasteiger partial charge in [-0.05, 0) is 5.92 Å². The highest BCUT2D eigenvalue weighted by atomic mass is 16.7. The molecule has 4 heteroatoms. The van der Waals surface area contributed by atoms with E-state index in [1.165, 1.54) is 0 Å². The maximum absolute atomic E-state index is 6.04. The average Bonchev–Trinajstić information content (AvgIpc) is 3.15. The molecule has 0 saturated carbocycles. The summed E-state index contributed by atoms with van der Waals surface area (Å²) in [6.07, 6.45) is 8.94. The van der Waals surface area contributed by atoms with Crippen LogP contribution in [-0.2, 0) is 18.9 Å². The van der Waals surface area contributed by atoms with Gasteiger partial charge in [-0.2, -0.15) is 0 Å². The van der Waals surface area contributed by atoms with Crippen LogP contribution >= 0.6 is 0 Å². The molecule has 0 amide bonds. The molecular weight excluding hydrogens is 232 g/mol. The van der Waals surface area contributed by atoms with Gasteiger partial charge in [-0.25, -0.2) is 0 Å². The molecule has 3 aliphatic heterocycles. The maximum Gasteiger partial charge on any atom is 0.146 e. The molecule has 4 nitrogen and oxygen atoms in total. The number of epoxide rings is 1.